The number of alkyl carbamates (subject to hydrolysis) is 2. The molecule has 0 saturated carbocycles. The summed E-state index contributed by atoms with van der Waals surface area (Å²) in [6.45, 7) is 9.13. The molecule has 0 radical (unpaired) electrons. The average Bonchev–Trinajstić information content (AvgIpc) is 4.26. The van der Waals surface area contributed by atoms with Crippen LogP contribution in [0.4, 0.5) is 14.4 Å². The molecule has 19 nitrogen and oxygen atoms in total. The highest BCUT2D eigenvalue weighted by atomic mass is 16.7. The number of nitrogens with zero attached hydrogens (tertiary/aromatic N) is 6. The van der Waals surface area contributed by atoms with E-state index in [-0.39, 0.29) is 55.7 Å². The second kappa shape index (κ2) is 19.6. The molecular formula is C53H58N10O9. The highest BCUT2D eigenvalue weighted by molar-refractivity contribution is 6.04. The molecule has 374 valence electrons. The van der Waals surface area contributed by atoms with Crippen molar-refractivity contribution >= 4 is 40.8 Å². The molecule has 4 N–H and O–H groups in total. The van der Waals surface area contributed by atoms with E-state index in [2.05, 4.69) is 57.0 Å². The maximum atomic E-state index is 14.4. The summed E-state index contributed by atoms with van der Waals surface area (Å²) in [5.74, 6) is 1.56. The van der Waals surface area contributed by atoms with Crippen LogP contribution in [0.25, 0.3) is 44.4 Å². The largest absolute Gasteiger partial charge is 0.454 e. The summed E-state index contributed by atoms with van der Waals surface area (Å²) in [5, 5.41) is 7.49. The van der Waals surface area contributed by atoms with Crippen molar-refractivity contribution in [2.24, 2.45) is 11.8 Å². The molecule has 0 bridgehead atoms. The lowest BCUT2D eigenvalue weighted by atomic mass is 9.94. The Hall–Kier alpha value is -8.09. The van der Waals surface area contributed by atoms with Crippen LogP contribution in [0.5, 0.6) is 11.5 Å². The third-order valence-electron chi connectivity index (χ3n) is 14.2. The van der Waals surface area contributed by atoms with Crippen molar-refractivity contribution in [3.63, 3.8) is 0 Å². The van der Waals surface area contributed by atoms with Crippen LogP contribution < -0.4 is 20.1 Å². The molecule has 2 saturated heterocycles. The first-order valence-corrected chi connectivity index (χ1v) is 24.3. The molecule has 2 aromatic heterocycles. The standard InChI is InChI=1S/C53H58N10O9/c1-29(2)45(58-51(66)69-5)49(64)62-19-9-14-41(62)47-55-23-40(57-47)38-13-8-11-36-35(10-7-12-37(36)38)31-15-17-32(18-16-31)39-22-54-48(56-39)42-26-61(27-63(42)50(65)46(30(3)4)59-52(67)70-6)53(68)60-24-33-20-43-44(72-28-71-43)21-34(33)25-60/h7-8,10-13,15-18,20-23,29-30,41-42,45-46H,9,14,19,24-28H2,1-6H3,(H,54,56)(H,55,57)(H,58,66)(H,59,67)/t41-,42?,45-,46-/m0/s1. The number of aromatic nitrogens is 4. The van der Waals surface area contributed by atoms with Gasteiger partial charge in [0.25, 0.3) is 0 Å². The Kier molecular flexibility index (Phi) is 13.0. The van der Waals surface area contributed by atoms with E-state index >= 15 is 0 Å². The number of hydrogen-bond donors (Lipinski definition) is 4. The highest BCUT2D eigenvalue weighted by Gasteiger charge is 2.44. The summed E-state index contributed by atoms with van der Waals surface area (Å²) in [6.07, 6.45) is 3.74. The molecular weight excluding hydrogens is 921 g/mol. The number of likely N-dealkylation sites (tertiary alicyclic amines) is 1. The normalized spacial score (nSPS) is 17.9. The zero-order chi connectivity index (χ0) is 50.4. The summed E-state index contributed by atoms with van der Waals surface area (Å²) in [6, 6.07) is 21.6. The van der Waals surface area contributed by atoms with E-state index < -0.39 is 30.3 Å². The smallest absolute Gasteiger partial charge is 0.407 e. The van der Waals surface area contributed by atoms with Gasteiger partial charge >= 0.3 is 18.2 Å². The lowest BCUT2D eigenvalue weighted by Crippen LogP contribution is -2.52. The van der Waals surface area contributed by atoms with Gasteiger partial charge in [0.15, 0.2) is 11.5 Å². The fourth-order valence-corrected chi connectivity index (χ4v) is 10.4. The number of hydrogen-bond acceptors (Lipinski definition) is 11. The first-order chi connectivity index (χ1) is 34.8. The number of nitrogens with one attached hydrogen (secondary N) is 4. The highest BCUT2D eigenvalue weighted by Crippen LogP contribution is 2.41. The molecule has 6 aromatic rings. The summed E-state index contributed by atoms with van der Waals surface area (Å²) in [7, 11) is 2.54. The molecule has 4 aromatic carbocycles. The van der Waals surface area contributed by atoms with Gasteiger partial charge in [-0.15, -0.1) is 0 Å². The maximum absolute atomic E-state index is 14.4. The molecule has 4 aliphatic heterocycles. The van der Waals surface area contributed by atoms with Crippen LogP contribution >= 0.6 is 0 Å². The number of benzene rings is 4. The number of imidazole rings is 2. The summed E-state index contributed by atoms with van der Waals surface area (Å²) in [5.41, 5.74) is 7.39. The topological polar surface area (TPSA) is 217 Å². The van der Waals surface area contributed by atoms with Gasteiger partial charge in [0.1, 0.15) is 29.8 Å². The third-order valence-corrected chi connectivity index (χ3v) is 14.2. The average molecular weight is 979 g/mol. The number of rotatable bonds is 11. The van der Waals surface area contributed by atoms with Crippen LogP contribution in [0.3, 0.4) is 0 Å². The van der Waals surface area contributed by atoms with Gasteiger partial charge < -0.3 is 59.1 Å². The van der Waals surface area contributed by atoms with Crippen LogP contribution in [0, 0.1) is 11.8 Å². The summed E-state index contributed by atoms with van der Waals surface area (Å²) in [4.78, 5) is 90.4. The van der Waals surface area contributed by atoms with Crippen molar-refractivity contribution in [1.82, 2.24) is 50.2 Å². The Morgan fingerprint density at radius 1 is 0.667 bits per heavy atom. The zero-order valence-electron chi connectivity index (χ0n) is 41.1. The fraction of sp³-hybridized carbons (Fsp3) is 0.377. The van der Waals surface area contributed by atoms with E-state index in [1.54, 1.807) is 25.8 Å². The summed E-state index contributed by atoms with van der Waals surface area (Å²) < 4.78 is 20.8. The molecule has 72 heavy (non-hydrogen) atoms. The zero-order valence-corrected chi connectivity index (χ0v) is 41.1. The lowest BCUT2D eigenvalue weighted by Gasteiger charge is -2.30. The van der Waals surface area contributed by atoms with Gasteiger partial charge in [-0.2, -0.15) is 0 Å². The Morgan fingerprint density at radius 3 is 1.82 bits per heavy atom. The van der Waals surface area contributed by atoms with Crippen molar-refractivity contribution in [3.05, 3.63) is 108 Å². The quantitative estimate of drug-likeness (QED) is 0.0986. The second-order valence-electron chi connectivity index (χ2n) is 19.4. The molecule has 6 amide bonds. The predicted octanol–water partition coefficient (Wildman–Crippen LogP) is 7.72. The number of fused-ring (bicyclic) bond motifs is 3. The van der Waals surface area contributed by atoms with Gasteiger partial charge in [-0.1, -0.05) is 88.4 Å². The SMILES string of the molecule is COC(=O)N[C@H](C(=O)N1CN(C(=O)N2Cc3cc4c(cc3C2)OCO4)CC1c1ncc(-c2ccc(-c3cccc4c(-c5cnc([C@@H]6CCCN6C(=O)[C@@H](NC(=O)OC)C(C)C)[nH]5)cccc34)cc2)[nH]1)C(C)C. The van der Waals surface area contributed by atoms with Crippen LogP contribution in [0.2, 0.25) is 0 Å². The minimum absolute atomic E-state index is 0.0143. The van der Waals surface area contributed by atoms with Crippen molar-refractivity contribution in [2.75, 3.05) is 40.8 Å². The van der Waals surface area contributed by atoms with Crippen molar-refractivity contribution in [2.45, 2.75) is 77.8 Å². The minimum Gasteiger partial charge on any atom is -0.454 e. The Morgan fingerprint density at radius 2 is 1.21 bits per heavy atom. The van der Waals surface area contributed by atoms with Crippen molar-refractivity contribution < 1.29 is 42.9 Å². The van der Waals surface area contributed by atoms with Crippen LogP contribution in [0.1, 0.15) is 75.4 Å². The molecule has 0 spiro atoms. The van der Waals surface area contributed by atoms with E-state index in [1.807, 2.05) is 70.3 Å². The molecule has 0 aliphatic carbocycles. The van der Waals surface area contributed by atoms with Gasteiger partial charge in [-0.3, -0.25) is 9.59 Å². The number of aromatic amines is 2. The number of carbonyl (C=O) groups excluding carboxylic acids is 5. The number of amides is 6. The van der Waals surface area contributed by atoms with Gasteiger partial charge in [0.05, 0.1) is 57.3 Å². The lowest BCUT2D eigenvalue weighted by molar-refractivity contribution is -0.136. The van der Waals surface area contributed by atoms with E-state index in [4.69, 9.17) is 28.9 Å². The monoisotopic (exact) mass is 978 g/mol. The maximum Gasteiger partial charge on any atom is 0.407 e. The van der Waals surface area contributed by atoms with E-state index in [0.29, 0.717) is 42.8 Å². The van der Waals surface area contributed by atoms with Crippen molar-refractivity contribution in [3.8, 4) is 45.1 Å². The van der Waals surface area contributed by atoms with Gasteiger partial charge in [0, 0.05) is 25.2 Å². The molecule has 2 fully saturated rings. The predicted molar refractivity (Wildman–Crippen MR) is 265 cm³/mol. The minimum atomic E-state index is -0.917. The Balaban J connectivity index is 0.878. The van der Waals surface area contributed by atoms with E-state index in [1.165, 1.54) is 14.2 Å². The molecule has 4 aliphatic rings. The van der Waals surface area contributed by atoms with Crippen LogP contribution in [0.15, 0.2) is 85.2 Å². The van der Waals surface area contributed by atoms with Gasteiger partial charge in [0.2, 0.25) is 18.6 Å². The van der Waals surface area contributed by atoms with E-state index in [0.717, 1.165) is 68.4 Å². The van der Waals surface area contributed by atoms with Crippen molar-refractivity contribution in [1.29, 1.82) is 0 Å². The second-order valence-corrected chi connectivity index (χ2v) is 19.4. The van der Waals surface area contributed by atoms with Crippen LogP contribution in [-0.4, -0.2) is 122 Å². The fourth-order valence-electron chi connectivity index (χ4n) is 10.4. The molecule has 6 heterocycles. The van der Waals surface area contributed by atoms with Crippen LogP contribution in [-0.2, 0) is 32.2 Å². The first-order valence-electron chi connectivity index (χ1n) is 24.3. The molecule has 4 atom stereocenters. The number of H-pyrrole nitrogens is 2. The Bertz CT molecular complexity index is 3030. The first kappa shape index (κ1) is 47.6. The third kappa shape index (κ3) is 8.98. The number of methoxy groups -OCH3 is 2. The number of ether oxygens (including phenoxy) is 4. The molecule has 1 unspecified atom stereocenters. The molecule has 19 heteroatoms. The number of urea groups is 1. The molecule has 10 rings (SSSR count). The van der Waals surface area contributed by atoms with Gasteiger partial charge in [-0.25, -0.2) is 24.4 Å². The number of carbonyl (C=O) groups is 5. The Labute approximate surface area is 416 Å². The summed E-state index contributed by atoms with van der Waals surface area (Å²) >= 11 is 0. The van der Waals surface area contributed by atoms with E-state index in [9.17, 15) is 24.0 Å². The van der Waals surface area contributed by atoms with Gasteiger partial charge in [-0.05, 0) is 75.4 Å².